The van der Waals surface area contributed by atoms with Crippen LogP contribution in [-0.2, 0) is 14.3 Å². The second-order valence-corrected chi connectivity index (χ2v) is 18.6. The number of amides is 1. The third-order valence-corrected chi connectivity index (χ3v) is 12.6. The van der Waals surface area contributed by atoms with Gasteiger partial charge in [0, 0.05) is 12.8 Å². The van der Waals surface area contributed by atoms with E-state index in [9.17, 15) is 19.8 Å². The number of aliphatic hydroxyl groups is 2. The Balaban J connectivity index is 3.41. The number of nitrogens with one attached hydrogen (secondary N) is 1. The molecule has 0 heterocycles. The average Bonchev–Trinajstić information content (AvgIpc) is 3.25. The molecule has 2 unspecified atom stereocenters. The Labute approximate surface area is 374 Å². The van der Waals surface area contributed by atoms with Crippen molar-refractivity contribution in [1.29, 1.82) is 0 Å². The highest BCUT2D eigenvalue weighted by Gasteiger charge is 2.20. The minimum atomic E-state index is -0.666. The maximum atomic E-state index is 12.4. The second-order valence-electron chi connectivity index (χ2n) is 18.6. The smallest absolute Gasteiger partial charge is 0.305 e. The Kier molecular flexibility index (Phi) is 49.1. The topological polar surface area (TPSA) is 95.9 Å². The number of hydrogen-bond donors (Lipinski definition) is 3. The first kappa shape index (κ1) is 58.6. The van der Waals surface area contributed by atoms with E-state index in [0.717, 1.165) is 44.9 Å². The Hall–Kier alpha value is -1.40. The van der Waals surface area contributed by atoms with E-state index in [0.29, 0.717) is 25.9 Å². The first-order valence-corrected chi connectivity index (χ1v) is 26.9. The summed E-state index contributed by atoms with van der Waals surface area (Å²) in [5, 5.41) is 23.2. The molecule has 0 radical (unpaired) electrons. The molecule has 0 saturated carbocycles. The first-order chi connectivity index (χ1) is 29.5. The molecular formula is C54H105NO5. The Bertz CT molecular complexity index is 893. The summed E-state index contributed by atoms with van der Waals surface area (Å²) in [4.78, 5) is 24.4. The van der Waals surface area contributed by atoms with Gasteiger partial charge < -0.3 is 20.3 Å². The van der Waals surface area contributed by atoms with E-state index < -0.39 is 12.1 Å². The Morgan fingerprint density at radius 3 is 1.20 bits per heavy atom. The van der Waals surface area contributed by atoms with Crippen LogP contribution in [0.1, 0.15) is 296 Å². The van der Waals surface area contributed by atoms with E-state index in [1.165, 1.54) is 218 Å². The molecule has 356 valence electrons. The maximum absolute atomic E-state index is 12.4. The van der Waals surface area contributed by atoms with Gasteiger partial charge in [-0.3, -0.25) is 9.59 Å². The van der Waals surface area contributed by atoms with Crippen molar-refractivity contribution in [2.24, 2.45) is 0 Å². The number of allylic oxidation sites excluding steroid dienone is 2. The minimum absolute atomic E-state index is 0.00365. The third-order valence-electron chi connectivity index (χ3n) is 12.6. The van der Waals surface area contributed by atoms with Crippen molar-refractivity contribution in [2.75, 3.05) is 13.2 Å². The van der Waals surface area contributed by atoms with Gasteiger partial charge in [-0.05, 0) is 51.4 Å². The summed E-state index contributed by atoms with van der Waals surface area (Å²) in [5.74, 6) is -0.0434. The first-order valence-electron chi connectivity index (χ1n) is 26.9. The van der Waals surface area contributed by atoms with Gasteiger partial charge in [-0.2, -0.15) is 0 Å². The SMILES string of the molecule is CCCCCC/C=C\CCCCCCCC(=O)OCCCCCCCCCCCCCCCCCCCC(=O)NC(CO)C(O)CCCCCCCCCCCCCCC. The highest BCUT2D eigenvalue weighted by atomic mass is 16.5. The lowest BCUT2D eigenvalue weighted by Crippen LogP contribution is -2.45. The van der Waals surface area contributed by atoms with Gasteiger partial charge >= 0.3 is 5.97 Å². The summed E-state index contributed by atoms with van der Waals surface area (Å²) >= 11 is 0. The molecule has 60 heavy (non-hydrogen) atoms. The predicted octanol–water partition coefficient (Wildman–Crippen LogP) is 16.1. The van der Waals surface area contributed by atoms with Gasteiger partial charge in [-0.1, -0.05) is 244 Å². The number of rotatable bonds is 50. The molecule has 0 aromatic carbocycles. The lowest BCUT2D eigenvalue weighted by molar-refractivity contribution is -0.143. The molecule has 2 atom stereocenters. The van der Waals surface area contributed by atoms with E-state index in [2.05, 4.69) is 31.3 Å². The molecule has 6 nitrogen and oxygen atoms in total. The number of carbonyl (C=O) groups excluding carboxylic acids is 2. The molecule has 1 amide bonds. The summed E-state index contributed by atoms with van der Waals surface area (Å²) in [6.07, 6.45) is 57.5. The van der Waals surface area contributed by atoms with Crippen LogP contribution in [0.15, 0.2) is 12.2 Å². The molecule has 0 aromatic rings. The molecule has 0 bridgehead atoms. The van der Waals surface area contributed by atoms with Crippen LogP contribution >= 0.6 is 0 Å². The van der Waals surface area contributed by atoms with Crippen molar-refractivity contribution < 1.29 is 24.5 Å². The fraction of sp³-hybridized carbons (Fsp3) is 0.926. The maximum Gasteiger partial charge on any atom is 0.305 e. The number of hydrogen-bond acceptors (Lipinski definition) is 5. The number of unbranched alkanes of at least 4 members (excludes halogenated alkanes) is 37. The minimum Gasteiger partial charge on any atom is -0.466 e. The number of aliphatic hydroxyl groups excluding tert-OH is 2. The van der Waals surface area contributed by atoms with Gasteiger partial charge in [0.05, 0.1) is 25.4 Å². The second kappa shape index (κ2) is 50.2. The molecule has 0 rings (SSSR count). The van der Waals surface area contributed by atoms with E-state index in [-0.39, 0.29) is 18.5 Å². The fourth-order valence-electron chi connectivity index (χ4n) is 8.40. The van der Waals surface area contributed by atoms with Crippen molar-refractivity contribution in [2.45, 2.75) is 309 Å². The van der Waals surface area contributed by atoms with Gasteiger partial charge in [-0.25, -0.2) is 0 Å². The lowest BCUT2D eigenvalue weighted by atomic mass is 10.0. The Morgan fingerprint density at radius 1 is 0.450 bits per heavy atom. The van der Waals surface area contributed by atoms with E-state index in [1.54, 1.807) is 0 Å². The van der Waals surface area contributed by atoms with E-state index in [4.69, 9.17) is 4.74 Å². The van der Waals surface area contributed by atoms with E-state index in [1.807, 2.05) is 0 Å². The fourth-order valence-corrected chi connectivity index (χ4v) is 8.40. The quantitative estimate of drug-likeness (QED) is 0.0322. The van der Waals surface area contributed by atoms with Crippen molar-refractivity contribution in [3.8, 4) is 0 Å². The zero-order valence-electron chi connectivity index (χ0n) is 40.5. The highest BCUT2D eigenvalue weighted by molar-refractivity contribution is 5.76. The Morgan fingerprint density at radius 2 is 0.783 bits per heavy atom. The van der Waals surface area contributed by atoms with Crippen LogP contribution in [0.25, 0.3) is 0 Å². The number of esters is 1. The van der Waals surface area contributed by atoms with Crippen LogP contribution in [0.4, 0.5) is 0 Å². The van der Waals surface area contributed by atoms with Gasteiger partial charge in [0.2, 0.25) is 5.91 Å². The summed E-state index contributed by atoms with van der Waals surface area (Å²) in [7, 11) is 0. The number of carbonyl (C=O) groups is 2. The monoisotopic (exact) mass is 848 g/mol. The highest BCUT2D eigenvalue weighted by Crippen LogP contribution is 2.17. The van der Waals surface area contributed by atoms with Gasteiger partial charge in [0.1, 0.15) is 0 Å². The molecular weight excluding hydrogens is 743 g/mol. The average molecular weight is 848 g/mol. The zero-order chi connectivity index (χ0) is 43.7. The van der Waals surface area contributed by atoms with Gasteiger partial charge in [0.25, 0.3) is 0 Å². The van der Waals surface area contributed by atoms with Crippen molar-refractivity contribution in [1.82, 2.24) is 5.32 Å². The third kappa shape index (κ3) is 46.1. The van der Waals surface area contributed by atoms with Crippen LogP contribution in [0, 0.1) is 0 Å². The van der Waals surface area contributed by atoms with Crippen LogP contribution < -0.4 is 5.32 Å². The van der Waals surface area contributed by atoms with Gasteiger partial charge in [-0.15, -0.1) is 0 Å². The zero-order valence-corrected chi connectivity index (χ0v) is 40.5. The normalized spacial score (nSPS) is 12.7. The molecule has 0 aliphatic carbocycles. The van der Waals surface area contributed by atoms with Crippen molar-refractivity contribution in [3.63, 3.8) is 0 Å². The summed E-state index contributed by atoms with van der Waals surface area (Å²) < 4.78 is 5.46. The van der Waals surface area contributed by atoms with Crippen LogP contribution in [0.5, 0.6) is 0 Å². The number of ether oxygens (including phenoxy) is 1. The van der Waals surface area contributed by atoms with Crippen LogP contribution in [0.2, 0.25) is 0 Å². The summed E-state index contributed by atoms with van der Waals surface area (Å²) in [6.45, 7) is 4.93. The van der Waals surface area contributed by atoms with Gasteiger partial charge in [0.15, 0.2) is 0 Å². The van der Waals surface area contributed by atoms with E-state index >= 15 is 0 Å². The lowest BCUT2D eigenvalue weighted by Gasteiger charge is -2.22. The standard InChI is InChI=1S/C54H105NO5/c1-3-5-7-9-11-13-15-22-26-30-34-38-42-46-52(57)51(50-56)55-53(58)47-43-39-35-31-27-24-20-18-17-19-21-25-29-33-37-41-45-49-60-54(59)48-44-40-36-32-28-23-16-14-12-10-8-6-4-2/h14,16,51-52,56-57H,3-13,15,17-50H2,1-2H3,(H,55,58)/b16-14-. The molecule has 0 aliphatic rings. The van der Waals surface area contributed by atoms with Crippen molar-refractivity contribution in [3.05, 3.63) is 12.2 Å². The summed E-state index contributed by atoms with van der Waals surface area (Å²) in [5.41, 5.74) is 0. The molecule has 0 aromatic heterocycles. The van der Waals surface area contributed by atoms with Crippen molar-refractivity contribution >= 4 is 11.9 Å². The summed E-state index contributed by atoms with van der Waals surface area (Å²) in [6, 6.07) is -0.544. The molecule has 0 saturated heterocycles. The molecule has 0 fully saturated rings. The largest absolute Gasteiger partial charge is 0.466 e. The van der Waals surface area contributed by atoms with Crippen LogP contribution in [-0.4, -0.2) is 47.4 Å². The molecule has 0 aliphatic heterocycles. The molecule has 6 heteroatoms. The molecule has 0 spiro atoms. The van der Waals surface area contributed by atoms with Crippen LogP contribution in [0.3, 0.4) is 0 Å². The predicted molar refractivity (Wildman–Crippen MR) is 260 cm³/mol. The molecule has 3 N–H and O–H groups in total.